The molecular weight excluding hydrogens is 230 g/mol. The zero-order chi connectivity index (χ0) is 12.3. The smallest absolute Gasteiger partial charge is 0.387 e. The standard InChI is InChI=1S/C11H12F2N2O2/c12-11(13)17-8-3-1-7(2-4-8)15-9-5-6-14-10(9)16/h1-4,9,11,15H,5-6H2,(H,14,16). The van der Waals surface area contributed by atoms with E-state index in [-0.39, 0.29) is 17.7 Å². The van der Waals surface area contributed by atoms with Gasteiger partial charge < -0.3 is 15.4 Å². The fourth-order valence-electron chi connectivity index (χ4n) is 1.67. The summed E-state index contributed by atoms with van der Waals surface area (Å²) in [5.41, 5.74) is 0.702. The minimum Gasteiger partial charge on any atom is -0.435 e. The molecule has 1 aromatic rings. The topological polar surface area (TPSA) is 50.4 Å². The van der Waals surface area contributed by atoms with Gasteiger partial charge in [0.1, 0.15) is 11.8 Å². The van der Waals surface area contributed by atoms with E-state index in [1.165, 1.54) is 12.1 Å². The highest BCUT2D eigenvalue weighted by atomic mass is 19.3. The van der Waals surface area contributed by atoms with Gasteiger partial charge >= 0.3 is 6.61 Å². The second-order valence-corrected chi connectivity index (χ2v) is 3.68. The lowest BCUT2D eigenvalue weighted by Crippen LogP contribution is -2.29. The van der Waals surface area contributed by atoms with Crippen LogP contribution in [0, 0.1) is 0 Å². The molecule has 0 radical (unpaired) electrons. The predicted octanol–water partition coefficient (Wildman–Crippen LogP) is 1.59. The van der Waals surface area contributed by atoms with Gasteiger partial charge in [-0.3, -0.25) is 4.79 Å². The van der Waals surface area contributed by atoms with Crippen molar-refractivity contribution in [1.82, 2.24) is 5.32 Å². The molecule has 1 saturated heterocycles. The summed E-state index contributed by atoms with van der Waals surface area (Å²) in [5.74, 6) is 0.0549. The second-order valence-electron chi connectivity index (χ2n) is 3.68. The molecule has 2 rings (SSSR count). The molecule has 1 unspecified atom stereocenters. The maximum Gasteiger partial charge on any atom is 0.387 e. The lowest BCUT2D eigenvalue weighted by atomic mass is 10.2. The second kappa shape index (κ2) is 4.99. The fraction of sp³-hybridized carbons (Fsp3) is 0.364. The first kappa shape index (κ1) is 11.6. The van der Waals surface area contributed by atoms with Crippen molar-refractivity contribution in [3.05, 3.63) is 24.3 Å². The van der Waals surface area contributed by atoms with E-state index in [0.717, 1.165) is 0 Å². The van der Waals surface area contributed by atoms with Gasteiger partial charge in [-0.1, -0.05) is 0 Å². The number of rotatable bonds is 4. The van der Waals surface area contributed by atoms with Crippen LogP contribution >= 0.6 is 0 Å². The van der Waals surface area contributed by atoms with E-state index in [1.807, 2.05) is 0 Å². The van der Waals surface area contributed by atoms with Crippen LogP contribution in [0.2, 0.25) is 0 Å². The molecule has 1 aliphatic heterocycles. The molecule has 1 aromatic carbocycles. The van der Waals surface area contributed by atoms with Crippen molar-refractivity contribution < 1.29 is 18.3 Å². The Bertz CT molecular complexity index is 395. The average molecular weight is 242 g/mol. The molecule has 0 bridgehead atoms. The monoisotopic (exact) mass is 242 g/mol. The Morgan fingerprint density at radius 1 is 1.35 bits per heavy atom. The summed E-state index contributed by atoms with van der Waals surface area (Å²) in [6.45, 7) is -2.17. The average Bonchev–Trinajstić information content (AvgIpc) is 2.67. The van der Waals surface area contributed by atoms with Crippen LogP contribution in [-0.2, 0) is 4.79 Å². The quantitative estimate of drug-likeness (QED) is 0.843. The van der Waals surface area contributed by atoms with Crippen molar-refractivity contribution in [2.24, 2.45) is 0 Å². The summed E-state index contributed by atoms with van der Waals surface area (Å²) < 4.78 is 28.0. The molecule has 1 aliphatic rings. The fourth-order valence-corrected chi connectivity index (χ4v) is 1.67. The molecule has 1 atom stereocenters. The lowest BCUT2D eigenvalue weighted by Gasteiger charge is -2.12. The molecule has 1 amide bonds. The number of anilines is 1. The Kier molecular flexibility index (Phi) is 3.41. The largest absolute Gasteiger partial charge is 0.435 e. The van der Waals surface area contributed by atoms with Crippen LogP contribution in [0.25, 0.3) is 0 Å². The van der Waals surface area contributed by atoms with Crippen LogP contribution in [0.15, 0.2) is 24.3 Å². The molecule has 2 N–H and O–H groups in total. The van der Waals surface area contributed by atoms with Crippen LogP contribution in [0.3, 0.4) is 0 Å². The van der Waals surface area contributed by atoms with E-state index in [1.54, 1.807) is 12.1 Å². The van der Waals surface area contributed by atoms with E-state index in [9.17, 15) is 13.6 Å². The summed E-state index contributed by atoms with van der Waals surface area (Å²) in [6.07, 6.45) is 0.716. The Balaban J connectivity index is 1.95. The number of carbonyl (C=O) groups excluding carboxylic acids is 1. The van der Waals surface area contributed by atoms with Crippen LogP contribution in [-0.4, -0.2) is 25.1 Å². The Hall–Kier alpha value is -1.85. The molecule has 1 heterocycles. The zero-order valence-electron chi connectivity index (χ0n) is 8.95. The van der Waals surface area contributed by atoms with Crippen LogP contribution in [0.4, 0.5) is 14.5 Å². The van der Waals surface area contributed by atoms with Crippen molar-refractivity contribution in [3.8, 4) is 5.75 Å². The van der Waals surface area contributed by atoms with Crippen molar-refractivity contribution in [3.63, 3.8) is 0 Å². The maximum atomic E-state index is 11.9. The van der Waals surface area contributed by atoms with Crippen molar-refractivity contribution in [2.45, 2.75) is 19.1 Å². The maximum absolute atomic E-state index is 11.9. The first-order valence-corrected chi connectivity index (χ1v) is 5.24. The van der Waals surface area contributed by atoms with Gasteiger partial charge in [-0.15, -0.1) is 0 Å². The molecule has 0 aromatic heterocycles. The van der Waals surface area contributed by atoms with Gasteiger partial charge in [0.2, 0.25) is 5.91 Å². The number of hydrogen-bond donors (Lipinski definition) is 2. The first-order valence-electron chi connectivity index (χ1n) is 5.24. The molecule has 6 heteroatoms. The minimum atomic E-state index is -2.82. The zero-order valence-corrected chi connectivity index (χ0v) is 8.95. The van der Waals surface area contributed by atoms with Gasteiger partial charge in [-0.2, -0.15) is 8.78 Å². The van der Waals surface area contributed by atoms with E-state index in [2.05, 4.69) is 15.4 Å². The van der Waals surface area contributed by atoms with E-state index >= 15 is 0 Å². The number of hydrogen-bond acceptors (Lipinski definition) is 3. The molecule has 0 aliphatic carbocycles. The Morgan fingerprint density at radius 2 is 2.06 bits per heavy atom. The number of nitrogens with one attached hydrogen (secondary N) is 2. The summed E-state index contributed by atoms with van der Waals surface area (Å²) >= 11 is 0. The van der Waals surface area contributed by atoms with Gasteiger partial charge in [0.15, 0.2) is 0 Å². The predicted molar refractivity (Wildman–Crippen MR) is 58.1 cm³/mol. The molecule has 0 saturated carbocycles. The number of ether oxygens (including phenoxy) is 1. The van der Waals surface area contributed by atoms with Gasteiger partial charge in [0, 0.05) is 12.2 Å². The van der Waals surface area contributed by atoms with Crippen LogP contribution in [0.5, 0.6) is 5.75 Å². The molecule has 17 heavy (non-hydrogen) atoms. The molecule has 92 valence electrons. The SMILES string of the molecule is O=C1NCCC1Nc1ccc(OC(F)F)cc1. The van der Waals surface area contributed by atoms with Gasteiger partial charge in [-0.25, -0.2) is 0 Å². The van der Waals surface area contributed by atoms with Gasteiger partial charge in [0.05, 0.1) is 0 Å². The molecular formula is C11H12F2N2O2. The highest BCUT2D eigenvalue weighted by Gasteiger charge is 2.23. The first-order chi connectivity index (χ1) is 8.15. The highest BCUT2D eigenvalue weighted by Crippen LogP contribution is 2.19. The van der Waals surface area contributed by atoms with Crippen LogP contribution < -0.4 is 15.4 Å². The third-order valence-corrected chi connectivity index (χ3v) is 2.47. The number of amides is 1. The summed E-state index contributed by atoms with van der Waals surface area (Å²) in [6, 6.07) is 5.81. The number of carbonyl (C=O) groups is 1. The Labute approximate surface area is 97.0 Å². The molecule has 4 nitrogen and oxygen atoms in total. The van der Waals surface area contributed by atoms with Crippen LogP contribution in [0.1, 0.15) is 6.42 Å². The third kappa shape index (κ3) is 3.05. The third-order valence-electron chi connectivity index (χ3n) is 2.47. The van der Waals surface area contributed by atoms with Gasteiger partial charge in [0.25, 0.3) is 0 Å². The summed E-state index contributed by atoms with van der Waals surface area (Å²) in [4.78, 5) is 11.3. The number of benzene rings is 1. The van der Waals surface area contributed by atoms with Crippen molar-refractivity contribution in [1.29, 1.82) is 0 Å². The summed E-state index contributed by atoms with van der Waals surface area (Å²) in [5, 5.41) is 5.72. The van der Waals surface area contributed by atoms with Gasteiger partial charge in [-0.05, 0) is 30.7 Å². The van der Waals surface area contributed by atoms with Crippen molar-refractivity contribution in [2.75, 3.05) is 11.9 Å². The highest BCUT2D eigenvalue weighted by molar-refractivity contribution is 5.86. The molecule has 0 spiro atoms. The minimum absolute atomic E-state index is 0.0436. The number of alkyl halides is 2. The lowest BCUT2D eigenvalue weighted by molar-refractivity contribution is -0.119. The summed E-state index contributed by atoms with van der Waals surface area (Å²) in [7, 11) is 0. The van der Waals surface area contributed by atoms with E-state index in [4.69, 9.17) is 0 Å². The Morgan fingerprint density at radius 3 is 2.59 bits per heavy atom. The molecule has 1 fully saturated rings. The van der Waals surface area contributed by atoms with E-state index in [0.29, 0.717) is 18.7 Å². The number of halogens is 2. The van der Waals surface area contributed by atoms with E-state index < -0.39 is 6.61 Å². The normalized spacial score (nSPS) is 19.2. The van der Waals surface area contributed by atoms with Crippen molar-refractivity contribution >= 4 is 11.6 Å².